The molecular weight excluding hydrogens is 985 g/mol. The first-order chi connectivity index (χ1) is 26.0. The van der Waals surface area contributed by atoms with Gasteiger partial charge in [-0.1, -0.05) is 40.0 Å². The van der Waals surface area contributed by atoms with Gasteiger partial charge in [-0.3, -0.25) is 0 Å². The molecule has 0 rings (SSSR count). The average Bonchev–Trinajstić information content (AvgIpc) is 3.11. The van der Waals surface area contributed by atoms with Gasteiger partial charge in [-0.2, -0.15) is 0 Å². The predicted molar refractivity (Wildman–Crippen MR) is 281 cm³/mol. The Morgan fingerprint density at radius 3 is 0.855 bits per heavy atom. The Hall–Kier alpha value is 4.49. The van der Waals surface area contributed by atoms with Crippen molar-refractivity contribution < 1.29 is 39.8 Å². The van der Waals surface area contributed by atoms with E-state index in [9.17, 15) is 0 Å². The Balaban J connectivity index is 9.24. The van der Waals surface area contributed by atoms with E-state index < -0.39 is 54.1 Å². The van der Waals surface area contributed by atoms with Gasteiger partial charge in [0.1, 0.15) is 3.41 Å². The molecule has 55 heavy (non-hydrogen) atoms. The van der Waals surface area contributed by atoms with E-state index in [0.717, 1.165) is 25.7 Å². The first-order valence-corrected chi connectivity index (χ1v) is 40.8. The molecule has 0 saturated heterocycles. The van der Waals surface area contributed by atoms with Crippen LogP contribution in [-0.4, -0.2) is 105 Å². The van der Waals surface area contributed by atoms with Gasteiger partial charge in [0.05, 0.1) is 16.1 Å². The van der Waals surface area contributed by atoms with Crippen LogP contribution in [0.2, 0.25) is 0 Å². The van der Waals surface area contributed by atoms with Gasteiger partial charge in [-0.15, -0.1) is 94.2 Å². The summed E-state index contributed by atoms with van der Waals surface area (Å²) in [6, 6.07) is 0. The molecule has 0 fully saturated rings. The highest BCUT2D eigenvalue weighted by atomic mass is 33.8. The zero-order valence-electron chi connectivity index (χ0n) is 35.3. The zero-order chi connectivity index (χ0) is 42.5. The molecule has 0 aromatic rings. The first-order valence-electron chi connectivity index (χ1n) is 19.3. The molecule has 4 unspecified atom stereocenters. The molecule has 9 nitrogen and oxygen atoms in total. The summed E-state index contributed by atoms with van der Waals surface area (Å²) in [5.41, 5.74) is 0. The molecule has 0 heterocycles. The summed E-state index contributed by atoms with van der Waals surface area (Å²) in [5, 5.41) is 1.12. The summed E-state index contributed by atoms with van der Waals surface area (Å²) < 4.78 is 59.0. The van der Waals surface area contributed by atoms with E-state index in [2.05, 4.69) is 20.8 Å². The smallest absolute Gasteiger partial charge is 0.373 e. The molecule has 0 N–H and O–H groups in total. The van der Waals surface area contributed by atoms with Crippen molar-refractivity contribution in [2.24, 2.45) is 11.8 Å². The lowest BCUT2D eigenvalue weighted by Crippen LogP contribution is -2.60. The molecule has 24 heteroatoms. The van der Waals surface area contributed by atoms with Crippen molar-refractivity contribution in [3.63, 3.8) is 0 Å². The average molecular weight is 1060 g/mol. The van der Waals surface area contributed by atoms with E-state index >= 15 is 0 Å². The monoisotopic (exact) mass is 1060 g/mol. The van der Waals surface area contributed by atoms with Gasteiger partial charge in [0.2, 0.25) is 0 Å². The first kappa shape index (κ1) is 59.5. The number of thiol groups is 6. The lowest BCUT2D eigenvalue weighted by atomic mass is 9.97. The highest BCUT2D eigenvalue weighted by Gasteiger charge is 2.73. The van der Waals surface area contributed by atoms with Crippen molar-refractivity contribution in [2.75, 3.05) is 75.6 Å². The molecule has 0 aromatic heterocycles. The van der Waals surface area contributed by atoms with Crippen LogP contribution in [0.15, 0.2) is 0 Å². The van der Waals surface area contributed by atoms with Crippen LogP contribution >= 0.6 is 124 Å². The number of hydrogen-bond acceptors (Lipinski definition) is 18. The maximum absolute atomic E-state index is 6.66. The molecule has 0 aliphatic carbocycles. The second-order valence-electron chi connectivity index (χ2n) is 12.6. The molecule has 0 aliphatic rings. The fourth-order valence-corrected chi connectivity index (χ4v) is 77.8. The summed E-state index contributed by atoms with van der Waals surface area (Å²) in [4.78, 5) is 0. The standard InChI is InChI=1S/C31H76O9S12Si3/c1-13-30(25-23-24-29(11)12)31(50(44,47-41)26-53(32-14-2,33-15-3)34-16-4,51(45,48-42)27-54(35-17-5,36-18-6)37-19-7)52(46,49-43)28-55(38-20-8,39-21-9)40-22-10/h29-30,41-46H,13-28H2,1-12H3. The van der Waals surface area contributed by atoms with Crippen molar-refractivity contribution in [1.82, 2.24) is 0 Å². The van der Waals surface area contributed by atoms with Gasteiger partial charge < -0.3 is 39.8 Å². The summed E-state index contributed by atoms with van der Waals surface area (Å²) in [6.07, 6.45) is 3.71. The lowest BCUT2D eigenvalue weighted by molar-refractivity contribution is 0.0765. The Kier molecular flexibility index (Phi) is 32.3. The van der Waals surface area contributed by atoms with Crippen LogP contribution in [0, 0.1) is 11.8 Å². The SMILES string of the molecule is CCO[Si](CS(S)(SS)C(C(CC)CCCC(C)C)(S(S)(C[Si](OCC)(OCC)OCC)SS)S(S)(C[Si](OCC)(OCC)OCC)SS)(OCC)OCC. The van der Waals surface area contributed by atoms with E-state index in [4.69, 9.17) is 110 Å². The molecular formula is C31H76O9S12Si3. The van der Waals surface area contributed by atoms with Gasteiger partial charge >= 0.3 is 26.4 Å². The summed E-state index contributed by atoms with van der Waals surface area (Å²) in [6.45, 7) is 28.3. The van der Waals surface area contributed by atoms with Crippen molar-refractivity contribution in [3.05, 3.63) is 0 Å². The molecule has 0 aliphatic heterocycles. The molecule has 338 valence electrons. The second kappa shape index (κ2) is 29.8. The molecule has 4 atom stereocenters. The Labute approximate surface area is 385 Å². The van der Waals surface area contributed by atoms with Crippen molar-refractivity contribution >= 4 is 150 Å². The molecule has 0 radical (unpaired) electrons. The zero-order valence-corrected chi connectivity index (χ0v) is 48.5. The highest BCUT2D eigenvalue weighted by molar-refractivity contribution is 9.48. The molecule has 0 bridgehead atoms. The Morgan fingerprint density at radius 2 is 0.691 bits per heavy atom. The predicted octanol–water partition coefficient (Wildman–Crippen LogP) is 12.7. The van der Waals surface area contributed by atoms with Crippen molar-refractivity contribution in [2.45, 2.75) is 112 Å². The number of hydrogen-bond donors (Lipinski definition) is 6. The molecule has 0 saturated carbocycles. The third-order valence-corrected chi connectivity index (χ3v) is 63.5. The third kappa shape index (κ3) is 15.9. The maximum atomic E-state index is 6.66. The van der Waals surface area contributed by atoms with Crippen LogP contribution in [-0.2, 0) is 39.8 Å². The van der Waals surface area contributed by atoms with Gasteiger partial charge in [-0.25, -0.2) is 0 Å². The van der Waals surface area contributed by atoms with Gasteiger partial charge in [0, 0.05) is 59.5 Å². The topological polar surface area (TPSA) is 83.1 Å². The Morgan fingerprint density at radius 1 is 0.455 bits per heavy atom. The number of rotatable bonds is 36. The van der Waals surface area contributed by atoms with Crippen LogP contribution in [0.1, 0.15) is 109 Å². The van der Waals surface area contributed by atoms with E-state index in [1.54, 1.807) is 0 Å². The van der Waals surface area contributed by atoms with Crippen molar-refractivity contribution in [1.29, 1.82) is 0 Å². The lowest BCUT2D eigenvalue weighted by Gasteiger charge is -2.71. The van der Waals surface area contributed by atoms with Crippen LogP contribution in [0.3, 0.4) is 0 Å². The van der Waals surface area contributed by atoms with Crippen LogP contribution in [0.5, 0.6) is 0 Å². The second-order valence-corrected chi connectivity index (χ2v) is 48.0. The summed E-state index contributed by atoms with van der Waals surface area (Å²) in [7, 11) is -13.4. The fourth-order valence-electron chi connectivity index (χ4n) is 6.78. The summed E-state index contributed by atoms with van der Waals surface area (Å²) >= 11 is 33.8. The molecule has 0 aromatic carbocycles. The minimum atomic E-state index is -3.44. The minimum Gasteiger partial charge on any atom is -0.373 e. The van der Waals surface area contributed by atoms with Crippen molar-refractivity contribution in [3.8, 4) is 0 Å². The highest BCUT2D eigenvalue weighted by Crippen LogP contribution is 3.04. The normalized spacial score (nSPS) is 19.9. The van der Waals surface area contributed by atoms with Gasteiger partial charge in [0.15, 0.2) is 0 Å². The maximum Gasteiger partial charge on any atom is 0.511 e. The molecule has 0 amide bonds. The van der Waals surface area contributed by atoms with Gasteiger partial charge in [-0.05, 0) is 110 Å². The van der Waals surface area contributed by atoms with Gasteiger partial charge in [0.25, 0.3) is 0 Å². The van der Waals surface area contributed by atoms with Crippen LogP contribution in [0.4, 0.5) is 0 Å². The van der Waals surface area contributed by atoms with E-state index in [0.29, 0.717) is 81.5 Å². The Bertz CT molecular complexity index is 874. The van der Waals surface area contributed by atoms with E-state index in [1.807, 2.05) is 62.3 Å². The van der Waals surface area contributed by atoms with Crippen LogP contribution in [0.25, 0.3) is 0 Å². The fraction of sp³-hybridized carbons (Fsp3) is 1.00. The third-order valence-electron chi connectivity index (χ3n) is 8.43. The van der Waals surface area contributed by atoms with E-state index in [-0.39, 0.29) is 5.92 Å². The summed E-state index contributed by atoms with van der Waals surface area (Å²) in [5.74, 6) is 0.498. The van der Waals surface area contributed by atoms with Crippen LogP contribution < -0.4 is 0 Å². The quantitative estimate of drug-likeness (QED) is 0.0205. The largest absolute Gasteiger partial charge is 0.511 e. The van der Waals surface area contributed by atoms with E-state index in [1.165, 1.54) is 29.5 Å². The minimum absolute atomic E-state index is 0.0255. The molecule has 0 spiro atoms.